The Balaban J connectivity index is 3.00. The smallest absolute Gasteiger partial charge is 0.244 e. The van der Waals surface area contributed by atoms with Crippen molar-refractivity contribution >= 4 is 15.7 Å². The van der Waals surface area contributed by atoms with Gasteiger partial charge >= 0.3 is 0 Å². The van der Waals surface area contributed by atoms with E-state index in [0.29, 0.717) is 6.42 Å². The maximum Gasteiger partial charge on any atom is 0.244 e. The first-order valence-corrected chi connectivity index (χ1v) is 8.70. The quantitative estimate of drug-likeness (QED) is 0.593. The van der Waals surface area contributed by atoms with E-state index in [1.165, 1.54) is 0 Å². The van der Waals surface area contributed by atoms with E-state index < -0.39 is 21.1 Å². The minimum atomic E-state index is -3.58. The van der Waals surface area contributed by atoms with E-state index in [2.05, 4.69) is 11.9 Å². The van der Waals surface area contributed by atoms with Crippen molar-refractivity contribution in [1.29, 1.82) is 0 Å². The molecule has 0 aromatic heterocycles. The van der Waals surface area contributed by atoms with Crippen LogP contribution in [0.4, 0.5) is 0 Å². The van der Waals surface area contributed by atoms with Gasteiger partial charge in [0, 0.05) is 0 Å². The molecule has 0 radical (unpaired) electrons. The molecule has 1 atom stereocenters. The lowest BCUT2D eigenvalue weighted by atomic mass is 10.2. The predicted molar refractivity (Wildman–Crippen MR) is 84.6 cm³/mol. The van der Waals surface area contributed by atoms with Crippen molar-refractivity contribution < 1.29 is 13.2 Å². The summed E-state index contributed by atoms with van der Waals surface area (Å²) in [6.07, 6.45) is 4.18. The van der Waals surface area contributed by atoms with Gasteiger partial charge in [-0.3, -0.25) is 4.79 Å². The maximum atomic E-state index is 12.6. The monoisotopic (exact) mass is 309 g/mol. The lowest BCUT2D eigenvalue weighted by Crippen LogP contribution is -2.40. The Morgan fingerprint density at radius 2 is 1.90 bits per heavy atom. The summed E-state index contributed by atoms with van der Waals surface area (Å²) in [6.45, 7) is 7.31. The van der Waals surface area contributed by atoms with Crippen molar-refractivity contribution in [3.05, 3.63) is 42.5 Å². The van der Waals surface area contributed by atoms with E-state index in [4.69, 9.17) is 0 Å². The van der Waals surface area contributed by atoms with Gasteiger partial charge in [-0.25, -0.2) is 8.42 Å². The summed E-state index contributed by atoms with van der Waals surface area (Å²) < 4.78 is 25.3. The number of benzene rings is 1. The molecule has 0 aliphatic heterocycles. The van der Waals surface area contributed by atoms with Gasteiger partial charge in [0.2, 0.25) is 5.91 Å². The zero-order valence-corrected chi connectivity index (χ0v) is 13.4. The van der Waals surface area contributed by atoms with Crippen molar-refractivity contribution in [3.8, 4) is 0 Å². The van der Waals surface area contributed by atoms with Crippen LogP contribution in [0.5, 0.6) is 0 Å². The Labute approximate surface area is 127 Å². The highest BCUT2D eigenvalue weighted by Crippen LogP contribution is 2.19. The Hall–Kier alpha value is -1.62. The summed E-state index contributed by atoms with van der Waals surface area (Å²) in [5, 5.41) is 1.63. The van der Waals surface area contributed by atoms with Crippen molar-refractivity contribution in [1.82, 2.24) is 5.32 Å². The molecule has 0 spiro atoms. The molecule has 5 heteroatoms. The highest BCUT2D eigenvalue weighted by atomic mass is 32.2. The van der Waals surface area contributed by atoms with Crippen LogP contribution in [-0.2, 0) is 14.6 Å². The third kappa shape index (κ3) is 5.01. The van der Waals surface area contributed by atoms with Crippen LogP contribution in [-0.4, -0.2) is 19.7 Å². The van der Waals surface area contributed by atoms with Crippen LogP contribution in [0.25, 0.3) is 0 Å². The highest BCUT2D eigenvalue weighted by Gasteiger charge is 2.27. The fourth-order valence-corrected chi connectivity index (χ4v) is 3.59. The largest absolute Gasteiger partial charge is 0.336 e. The van der Waals surface area contributed by atoms with Gasteiger partial charge in [0.25, 0.3) is 0 Å². The number of nitrogens with one attached hydrogen (secondary N) is 1. The Kier molecular flexibility index (Phi) is 6.62. The summed E-state index contributed by atoms with van der Waals surface area (Å²) in [6, 6.07) is 6.67. The van der Waals surface area contributed by atoms with Gasteiger partial charge in [0.05, 0.1) is 4.90 Å². The average molecular weight is 309 g/mol. The van der Waals surface area contributed by atoms with Crippen LogP contribution in [0.1, 0.15) is 38.2 Å². The van der Waals surface area contributed by atoms with E-state index in [1.807, 2.05) is 13.8 Å². The van der Waals surface area contributed by atoms with E-state index >= 15 is 0 Å². The van der Waals surface area contributed by atoms with Gasteiger partial charge in [-0.2, -0.15) is 0 Å². The van der Waals surface area contributed by atoms with Crippen LogP contribution in [0.15, 0.2) is 41.8 Å². The minimum absolute atomic E-state index is 0.235. The Morgan fingerprint density at radius 1 is 1.29 bits per heavy atom. The summed E-state index contributed by atoms with van der Waals surface area (Å²) in [5.74, 6) is -0.466. The minimum Gasteiger partial charge on any atom is -0.336 e. The number of carbonyl (C=O) groups excluding carboxylic acids is 1. The van der Waals surface area contributed by atoms with Crippen LogP contribution in [0.3, 0.4) is 0 Å². The summed E-state index contributed by atoms with van der Waals surface area (Å²) in [5.41, 5.74) is 0.992. The molecule has 0 aliphatic carbocycles. The molecule has 116 valence electrons. The molecule has 4 nitrogen and oxygen atoms in total. The van der Waals surface area contributed by atoms with Gasteiger partial charge < -0.3 is 5.32 Å². The zero-order valence-electron chi connectivity index (χ0n) is 12.6. The predicted octanol–water partition coefficient (Wildman–Crippen LogP) is 2.98. The molecular formula is C16H23NO3S. The fourth-order valence-electron chi connectivity index (χ4n) is 1.99. The van der Waals surface area contributed by atoms with E-state index in [-0.39, 0.29) is 4.90 Å². The Morgan fingerprint density at radius 3 is 2.43 bits per heavy atom. The van der Waals surface area contributed by atoms with Crippen molar-refractivity contribution in [2.24, 2.45) is 0 Å². The van der Waals surface area contributed by atoms with Crippen molar-refractivity contribution in [3.63, 3.8) is 0 Å². The number of hydrogen-bond acceptors (Lipinski definition) is 3. The number of hydrogen-bond donors (Lipinski definition) is 1. The third-order valence-corrected chi connectivity index (χ3v) is 5.31. The molecule has 0 saturated heterocycles. The molecule has 1 unspecified atom stereocenters. The van der Waals surface area contributed by atoms with Crippen LogP contribution >= 0.6 is 0 Å². The summed E-state index contributed by atoms with van der Waals surface area (Å²) in [7, 11) is -3.58. The second-order valence-electron chi connectivity index (χ2n) is 5.06. The summed E-state index contributed by atoms with van der Waals surface area (Å²) >= 11 is 0. The van der Waals surface area contributed by atoms with Crippen LogP contribution in [0, 0.1) is 6.92 Å². The molecule has 1 aromatic rings. The highest BCUT2D eigenvalue weighted by molar-refractivity contribution is 7.92. The lowest BCUT2D eigenvalue weighted by Gasteiger charge is -2.18. The maximum absolute atomic E-state index is 12.6. The Bertz CT molecular complexity index is 576. The molecule has 1 N–H and O–H groups in total. The molecule has 1 amide bonds. The normalized spacial score (nSPS) is 12.7. The SMILES string of the molecule is C=CC(=O)NC(CCCCC)S(=O)(=O)c1ccc(C)cc1. The molecule has 1 rings (SSSR count). The molecule has 0 aliphatic rings. The number of unbranched alkanes of at least 4 members (excludes halogenated alkanes) is 2. The van der Waals surface area contributed by atoms with Gasteiger partial charge in [-0.15, -0.1) is 0 Å². The average Bonchev–Trinajstić information content (AvgIpc) is 2.46. The summed E-state index contributed by atoms with van der Waals surface area (Å²) in [4.78, 5) is 11.7. The number of sulfone groups is 1. The molecule has 21 heavy (non-hydrogen) atoms. The lowest BCUT2D eigenvalue weighted by molar-refractivity contribution is -0.116. The van der Waals surface area contributed by atoms with Crippen LogP contribution < -0.4 is 5.32 Å². The topological polar surface area (TPSA) is 63.2 Å². The van der Waals surface area contributed by atoms with E-state index in [9.17, 15) is 13.2 Å². The fraction of sp³-hybridized carbons (Fsp3) is 0.438. The van der Waals surface area contributed by atoms with Gasteiger partial charge in [-0.1, -0.05) is 50.5 Å². The van der Waals surface area contributed by atoms with E-state index in [1.54, 1.807) is 24.3 Å². The first kappa shape index (κ1) is 17.4. The molecule has 1 aromatic carbocycles. The third-order valence-electron chi connectivity index (χ3n) is 3.28. The first-order valence-electron chi connectivity index (χ1n) is 7.15. The molecular weight excluding hydrogens is 286 g/mol. The van der Waals surface area contributed by atoms with Gasteiger partial charge in [0.1, 0.15) is 5.37 Å². The molecule has 0 saturated carbocycles. The zero-order chi connectivity index (χ0) is 15.9. The second-order valence-corrected chi connectivity index (χ2v) is 7.19. The number of rotatable bonds is 8. The van der Waals surface area contributed by atoms with Gasteiger partial charge in [0.15, 0.2) is 9.84 Å². The van der Waals surface area contributed by atoms with Crippen molar-refractivity contribution in [2.45, 2.75) is 49.8 Å². The number of carbonyl (C=O) groups is 1. The second kappa shape index (κ2) is 7.98. The van der Waals surface area contributed by atoms with Crippen LogP contribution in [0.2, 0.25) is 0 Å². The van der Waals surface area contributed by atoms with E-state index in [0.717, 1.165) is 30.9 Å². The standard InChI is InChI=1S/C16H23NO3S/c1-4-6-7-8-16(17-15(18)5-2)21(19,20)14-11-9-13(3)10-12-14/h5,9-12,16H,2,4,6-8H2,1,3H3,(H,17,18). The molecule has 0 fully saturated rings. The van der Waals surface area contributed by atoms with Gasteiger partial charge in [-0.05, 0) is 31.6 Å². The molecule has 0 heterocycles. The first-order chi connectivity index (χ1) is 9.91. The molecule has 0 bridgehead atoms. The number of aryl methyl sites for hydroxylation is 1. The number of amides is 1. The van der Waals surface area contributed by atoms with Crippen molar-refractivity contribution in [2.75, 3.05) is 0 Å².